The van der Waals surface area contributed by atoms with Crippen LogP contribution in [-0.2, 0) is 0 Å². The van der Waals surface area contributed by atoms with Crippen molar-refractivity contribution in [3.05, 3.63) is 12.2 Å². The molecule has 6 saturated carbocycles. The fourth-order valence-corrected chi connectivity index (χ4v) is 10.7. The Kier molecular flexibility index (Phi) is 2.04. The molecule has 0 aromatic rings. The van der Waals surface area contributed by atoms with Gasteiger partial charge in [-0.15, -0.1) is 0 Å². The van der Waals surface area contributed by atoms with Gasteiger partial charge in [0.25, 0.3) is 0 Å². The van der Waals surface area contributed by atoms with Crippen LogP contribution in [0.2, 0.25) is 0 Å². The molecule has 6 aliphatic carbocycles. The molecule has 3 aliphatic heterocycles. The highest BCUT2D eigenvalue weighted by Gasteiger charge is 2.94. The van der Waals surface area contributed by atoms with Gasteiger partial charge in [0.05, 0.1) is 18.3 Å². The number of fused-ring (bicyclic) bond motifs is 1. The molecule has 5 nitrogen and oxygen atoms in total. The highest BCUT2D eigenvalue weighted by atomic mass is 16.4. The van der Waals surface area contributed by atoms with Crippen molar-refractivity contribution < 1.29 is 20.4 Å². The van der Waals surface area contributed by atoms with Crippen molar-refractivity contribution in [2.75, 3.05) is 6.54 Å². The van der Waals surface area contributed by atoms with Crippen LogP contribution in [0.25, 0.3) is 0 Å². The molecule has 25 heavy (non-hydrogen) atoms. The molecule has 0 aromatic heterocycles. The molecular weight excluding hydrogens is 318 g/mol. The molecule has 5 unspecified atom stereocenters. The van der Waals surface area contributed by atoms with E-state index in [4.69, 9.17) is 0 Å². The SMILES string of the molecule is C=C1C[C@]23C[C@H]4[C@H]5[C@]6(C)CC(O)C[C@]57C(N4C6)[C@]2(O)C(O)[C@H]1C(O)[C@@H]73. The van der Waals surface area contributed by atoms with Gasteiger partial charge in [0.1, 0.15) is 5.60 Å². The average molecular weight is 345 g/mol. The predicted octanol–water partition coefficient (Wildman–Crippen LogP) is -0.121. The lowest BCUT2D eigenvalue weighted by atomic mass is 9.39. The van der Waals surface area contributed by atoms with E-state index >= 15 is 0 Å². The summed E-state index contributed by atoms with van der Waals surface area (Å²) in [5.41, 5.74) is -0.886. The largest absolute Gasteiger partial charge is 0.393 e. The summed E-state index contributed by atoms with van der Waals surface area (Å²) in [7, 11) is 0. The van der Waals surface area contributed by atoms with E-state index in [1.54, 1.807) is 0 Å². The van der Waals surface area contributed by atoms with Crippen molar-refractivity contribution in [1.82, 2.24) is 4.90 Å². The van der Waals surface area contributed by atoms with Crippen LogP contribution in [0.1, 0.15) is 32.6 Å². The van der Waals surface area contributed by atoms with E-state index in [-0.39, 0.29) is 28.9 Å². The summed E-state index contributed by atoms with van der Waals surface area (Å²) in [5.74, 6) is -0.0124. The maximum absolute atomic E-state index is 12.1. The van der Waals surface area contributed by atoms with Crippen LogP contribution in [0.15, 0.2) is 12.2 Å². The Balaban J connectivity index is 1.57. The van der Waals surface area contributed by atoms with Crippen LogP contribution < -0.4 is 0 Å². The smallest absolute Gasteiger partial charge is 0.113 e. The average Bonchev–Trinajstić information content (AvgIpc) is 2.90. The van der Waals surface area contributed by atoms with Crippen LogP contribution >= 0.6 is 0 Å². The summed E-state index contributed by atoms with van der Waals surface area (Å²) < 4.78 is 0. The molecule has 0 aromatic carbocycles. The molecule has 5 heteroatoms. The molecule has 9 bridgehead atoms. The second-order valence-electron chi connectivity index (χ2n) is 10.9. The minimum Gasteiger partial charge on any atom is -0.393 e. The van der Waals surface area contributed by atoms with Gasteiger partial charge >= 0.3 is 0 Å². The van der Waals surface area contributed by atoms with Gasteiger partial charge in [-0.25, -0.2) is 0 Å². The Morgan fingerprint density at radius 1 is 1.12 bits per heavy atom. The molecule has 3 heterocycles. The first-order chi connectivity index (χ1) is 11.7. The van der Waals surface area contributed by atoms with E-state index in [2.05, 4.69) is 18.4 Å². The molecule has 9 aliphatic rings. The first-order valence-corrected chi connectivity index (χ1v) is 9.92. The van der Waals surface area contributed by atoms with Gasteiger partial charge in [0, 0.05) is 41.3 Å². The number of rotatable bonds is 0. The number of hydrogen-bond acceptors (Lipinski definition) is 5. The molecule has 9 fully saturated rings. The topological polar surface area (TPSA) is 84.2 Å². The zero-order chi connectivity index (χ0) is 17.3. The summed E-state index contributed by atoms with van der Waals surface area (Å²) in [6, 6.07) is 0.320. The van der Waals surface area contributed by atoms with E-state index in [9.17, 15) is 20.4 Å². The third kappa shape index (κ3) is 1.02. The van der Waals surface area contributed by atoms with Crippen LogP contribution in [0, 0.1) is 34.0 Å². The number of aliphatic hydroxyl groups excluding tert-OH is 3. The Labute approximate surface area is 147 Å². The standard InChI is InChI=1S/C20H27NO4/c1-8-3-18-6-10-13-17(2)4-9(22)5-19(13)14(18)12(23)11(8)15(24)20(18,25)16(19)21(10)7-17/h9-16,22-25H,1,3-7H2,2H3/t9?,10-,11+,12?,13-,14+,15?,16?,17+,18+,19-,20+/m0/s1. The van der Waals surface area contributed by atoms with E-state index in [0.29, 0.717) is 18.4 Å². The van der Waals surface area contributed by atoms with Gasteiger partial charge in [-0.1, -0.05) is 19.1 Å². The minimum atomic E-state index is -1.16. The molecular formula is C20H27NO4. The van der Waals surface area contributed by atoms with Gasteiger partial charge in [-0.05, 0) is 37.0 Å². The highest BCUT2D eigenvalue weighted by Crippen LogP contribution is 2.87. The van der Waals surface area contributed by atoms with Crippen molar-refractivity contribution in [1.29, 1.82) is 0 Å². The van der Waals surface area contributed by atoms with E-state index in [1.807, 2.05) is 0 Å². The quantitative estimate of drug-likeness (QED) is 0.460. The van der Waals surface area contributed by atoms with Gasteiger partial charge < -0.3 is 20.4 Å². The third-order valence-electron chi connectivity index (χ3n) is 10.3. The Bertz CT molecular complexity index is 756. The van der Waals surface area contributed by atoms with Gasteiger partial charge in [-0.3, -0.25) is 4.90 Å². The van der Waals surface area contributed by atoms with Gasteiger partial charge in [0.15, 0.2) is 0 Å². The second kappa shape index (κ2) is 3.49. The fourth-order valence-electron chi connectivity index (χ4n) is 10.7. The monoisotopic (exact) mass is 345 g/mol. The summed E-state index contributed by atoms with van der Waals surface area (Å²) in [4.78, 5) is 2.49. The molecule has 13 atom stereocenters. The highest BCUT2D eigenvalue weighted by molar-refractivity contribution is 5.48. The molecule has 136 valence electrons. The summed E-state index contributed by atoms with van der Waals surface area (Å²) >= 11 is 0. The second-order valence-corrected chi connectivity index (χ2v) is 10.9. The zero-order valence-electron chi connectivity index (χ0n) is 14.6. The molecule has 0 amide bonds. The third-order valence-corrected chi connectivity index (χ3v) is 10.3. The van der Waals surface area contributed by atoms with Crippen LogP contribution in [0.3, 0.4) is 0 Å². The molecule has 0 radical (unpaired) electrons. The summed E-state index contributed by atoms with van der Waals surface area (Å²) in [6.45, 7) is 7.38. The number of piperidine rings is 2. The van der Waals surface area contributed by atoms with Crippen LogP contribution in [-0.4, -0.2) is 67.9 Å². The van der Waals surface area contributed by atoms with Gasteiger partial charge in [0.2, 0.25) is 0 Å². The lowest BCUT2D eigenvalue weighted by Gasteiger charge is -2.67. The Hall–Kier alpha value is -0.460. The number of aliphatic hydroxyl groups is 4. The first kappa shape index (κ1) is 14.6. The van der Waals surface area contributed by atoms with E-state index in [0.717, 1.165) is 31.4 Å². The van der Waals surface area contributed by atoms with Crippen LogP contribution in [0.4, 0.5) is 0 Å². The molecule has 4 N–H and O–H groups in total. The van der Waals surface area contributed by atoms with Crippen molar-refractivity contribution >= 4 is 0 Å². The number of hydrogen-bond donors (Lipinski definition) is 4. The fraction of sp³-hybridized carbons (Fsp3) is 0.900. The summed E-state index contributed by atoms with van der Waals surface area (Å²) in [6.07, 6.45) is 1.15. The van der Waals surface area contributed by atoms with Crippen molar-refractivity contribution in [2.45, 2.75) is 68.6 Å². The molecule has 9 rings (SSSR count). The Morgan fingerprint density at radius 3 is 2.64 bits per heavy atom. The van der Waals surface area contributed by atoms with E-state index in [1.165, 1.54) is 0 Å². The zero-order valence-corrected chi connectivity index (χ0v) is 14.6. The minimum absolute atomic E-state index is 0.0188. The number of nitrogens with zero attached hydrogens (tertiary/aromatic N) is 1. The maximum Gasteiger partial charge on any atom is 0.113 e. The maximum atomic E-state index is 12.1. The predicted molar refractivity (Wildman–Crippen MR) is 88.3 cm³/mol. The lowest BCUT2D eigenvalue weighted by Crippen LogP contribution is -2.76. The van der Waals surface area contributed by atoms with Gasteiger partial charge in [-0.2, -0.15) is 0 Å². The van der Waals surface area contributed by atoms with E-state index < -0.39 is 29.1 Å². The summed E-state index contributed by atoms with van der Waals surface area (Å²) in [5, 5.41) is 45.4. The molecule has 3 saturated heterocycles. The first-order valence-electron chi connectivity index (χ1n) is 9.92. The molecule has 2 spiro atoms. The van der Waals surface area contributed by atoms with Crippen molar-refractivity contribution in [2.24, 2.45) is 34.0 Å². The van der Waals surface area contributed by atoms with Crippen LogP contribution in [0.5, 0.6) is 0 Å². The van der Waals surface area contributed by atoms with Crippen molar-refractivity contribution in [3.63, 3.8) is 0 Å². The lowest BCUT2D eigenvalue weighted by molar-refractivity contribution is -0.280. The van der Waals surface area contributed by atoms with Crippen molar-refractivity contribution in [3.8, 4) is 0 Å². The normalized spacial score (nSPS) is 76.5. The Morgan fingerprint density at radius 2 is 1.88 bits per heavy atom.